The molecule has 2 unspecified atom stereocenters. The molecule has 0 aromatic carbocycles. The van der Waals surface area contributed by atoms with Crippen molar-refractivity contribution >= 4 is 0 Å². The number of methoxy groups -OCH3 is 1. The average molecular weight is 225 g/mol. The van der Waals surface area contributed by atoms with Crippen molar-refractivity contribution in [3.8, 4) is 0 Å². The largest absolute Gasteiger partial charge is 0.380 e. The monoisotopic (exact) mass is 225 g/mol. The molecule has 1 N–H and O–H groups in total. The van der Waals surface area contributed by atoms with Gasteiger partial charge in [0.2, 0.25) is 0 Å². The van der Waals surface area contributed by atoms with Gasteiger partial charge in [0.15, 0.2) is 0 Å². The highest BCUT2D eigenvalue weighted by Gasteiger charge is 2.39. The van der Waals surface area contributed by atoms with E-state index in [4.69, 9.17) is 4.74 Å². The fourth-order valence-corrected chi connectivity index (χ4v) is 3.34. The molecule has 0 bridgehead atoms. The zero-order valence-electron chi connectivity index (χ0n) is 10.9. The molecule has 16 heavy (non-hydrogen) atoms. The van der Waals surface area contributed by atoms with Crippen LogP contribution >= 0.6 is 0 Å². The van der Waals surface area contributed by atoms with Gasteiger partial charge in [0.1, 0.15) is 0 Å². The number of hydrogen-bond acceptors (Lipinski definition) is 2. The summed E-state index contributed by atoms with van der Waals surface area (Å²) in [5.74, 6) is 1.70. The summed E-state index contributed by atoms with van der Waals surface area (Å²) in [6.45, 7) is 3.29. The molecule has 94 valence electrons. The summed E-state index contributed by atoms with van der Waals surface area (Å²) in [7, 11) is 1.91. The van der Waals surface area contributed by atoms with Gasteiger partial charge in [-0.15, -0.1) is 0 Å². The van der Waals surface area contributed by atoms with Crippen LogP contribution in [0.4, 0.5) is 0 Å². The molecule has 2 rings (SSSR count). The molecule has 2 aliphatic rings. The minimum Gasteiger partial charge on any atom is -0.380 e. The molecule has 2 heteroatoms. The Morgan fingerprint density at radius 1 is 1.06 bits per heavy atom. The Balaban J connectivity index is 1.94. The van der Waals surface area contributed by atoms with E-state index in [-0.39, 0.29) is 0 Å². The standard InChI is InChI=1S/C14H27NO/c1-3-15-13(11-9-10-11)14(16-2)12-7-5-4-6-8-12/h11-15H,3-10H2,1-2H3. The Kier molecular flexibility index (Phi) is 4.66. The molecular weight excluding hydrogens is 198 g/mol. The first-order chi connectivity index (χ1) is 7.86. The molecule has 0 aliphatic heterocycles. The highest BCUT2D eigenvalue weighted by atomic mass is 16.5. The molecule has 0 amide bonds. The highest BCUT2D eigenvalue weighted by molar-refractivity contribution is 4.94. The molecular formula is C14H27NO. The van der Waals surface area contributed by atoms with E-state index in [9.17, 15) is 0 Å². The third-order valence-corrected chi connectivity index (χ3v) is 4.31. The van der Waals surface area contributed by atoms with E-state index in [2.05, 4.69) is 12.2 Å². The zero-order chi connectivity index (χ0) is 11.4. The molecule has 0 spiro atoms. The fraction of sp³-hybridized carbons (Fsp3) is 1.00. The van der Waals surface area contributed by atoms with Crippen LogP contribution in [0, 0.1) is 11.8 Å². The summed E-state index contributed by atoms with van der Waals surface area (Å²) in [5, 5.41) is 3.67. The van der Waals surface area contributed by atoms with Crippen molar-refractivity contribution in [2.24, 2.45) is 11.8 Å². The van der Waals surface area contributed by atoms with Crippen LogP contribution in [0.15, 0.2) is 0 Å². The SMILES string of the molecule is CCNC(C1CC1)C(OC)C1CCCCC1. The molecule has 2 nitrogen and oxygen atoms in total. The Morgan fingerprint density at radius 3 is 2.25 bits per heavy atom. The van der Waals surface area contributed by atoms with Gasteiger partial charge in [-0.05, 0) is 44.1 Å². The van der Waals surface area contributed by atoms with Gasteiger partial charge in [0.05, 0.1) is 6.10 Å². The van der Waals surface area contributed by atoms with Crippen LogP contribution in [0.2, 0.25) is 0 Å². The van der Waals surface area contributed by atoms with Crippen LogP contribution in [0.25, 0.3) is 0 Å². The number of rotatable bonds is 6. The van der Waals surface area contributed by atoms with Crippen molar-refractivity contribution in [2.75, 3.05) is 13.7 Å². The summed E-state index contributed by atoms with van der Waals surface area (Å²) < 4.78 is 5.84. The van der Waals surface area contributed by atoms with Crippen LogP contribution in [0.1, 0.15) is 51.9 Å². The minimum absolute atomic E-state index is 0.466. The van der Waals surface area contributed by atoms with Crippen LogP contribution in [0.3, 0.4) is 0 Å². The number of nitrogens with one attached hydrogen (secondary N) is 1. The summed E-state index contributed by atoms with van der Waals surface area (Å²) in [6, 6.07) is 0.623. The summed E-state index contributed by atoms with van der Waals surface area (Å²) in [5.41, 5.74) is 0. The second kappa shape index (κ2) is 6.02. The normalized spacial score (nSPS) is 26.6. The zero-order valence-corrected chi connectivity index (χ0v) is 10.9. The Hall–Kier alpha value is -0.0800. The van der Waals surface area contributed by atoms with E-state index in [1.807, 2.05) is 7.11 Å². The maximum Gasteiger partial charge on any atom is 0.0755 e. The number of likely N-dealkylation sites (N-methyl/N-ethyl adjacent to an activating group) is 1. The molecule has 0 saturated heterocycles. The van der Waals surface area contributed by atoms with Gasteiger partial charge in [-0.25, -0.2) is 0 Å². The first-order valence-corrected chi connectivity index (χ1v) is 7.13. The van der Waals surface area contributed by atoms with Crippen LogP contribution < -0.4 is 5.32 Å². The van der Waals surface area contributed by atoms with Crippen molar-refractivity contribution in [3.63, 3.8) is 0 Å². The quantitative estimate of drug-likeness (QED) is 0.750. The average Bonchev–Trinajstić information content (AvgIpc) is 3.14. The molecule has 0 radical (unpaired) electrons. The predicted molar refractivity (Wildman–Crippen MR) is 67.6 cm³/mol. The lowest BCUT2D eigenvalue weighted by Crippen LogP contribution is -2.47. The lowest BCUT2D eigenvalue weighted by Gasteiger charge is -2.35. The van der Waals surface area contributed by atoms with Crippen molar-refractivity contribution < 1.29 is 4.74 Å². The van der Waals surface area contributed by atoms with Gasteiger partial charge in [-0.2, -0.15) is 0 Å². The highest BCUT2D eigenvalue weighted by Crippen LogP contribution is 2.39. The van der Waals surface area contributed by atoms with Gasteiger partial charge in [0.25, 0.3) is 0 Å². The molecule has 2 saturated carbocycles. The minimum atomic E-state index is 0.466. The van der Waals surface area contributed by atoms with E-state index >= 15 is 0 Å². The number of hydrogen-bond donors (Lipinski definition) is 1. The maximum atomic E-state index is 5.84. The van der Waals surface area contributed by atoms with Crippen molar-refractivity contribution in [1.29, 1.82) is 0 Å². The lowest BCUT2D eigenvalue weighted by molar-refractivity contribution is 0.00292. The molecule has 0 heterocycles. The Labute approximate surface area is 100 Å². The molecule has 0 aromatic heterocycles. The molecule has 0 aromatic rings. The van der Waals surface area contributed by atoms with Crippen LogP contribution in [0.5, 0.6) is 0 Å². The summed E-state index contributed by atoms with van der Waals surface area (Å²) in [4.78, 5) is 0. The topological polar surface area (TPSA) is 21.3 Å². The van der Waals surface area contributed by atoms with Crippen molar-refractivity contribution in [3.05, 3.63) is 0 Å². The van der Waals surface area contributed by atoms with Crippen LogP contribution in [-0.4, -0.2) is 25.8 Å². The van der Waals surface area contributed by atoms with Crippen LogP contribution in [-0.2, 0) is 4.74 Å². The van der Waals surface area contributed by atoms with Gasteiger partial charge < -0.3 is 10.1 Å². The smallest absolute Gasteiger partial charge is 0.0755 e. The Bertz CT molecular complexity index is 197. The van der Waals surface area contributed by atoms with Gasteiger partial charge in [-0.3, -0.25) is 0 Å². The van der Waals surface area contributed by atoms with E-state index in [0.717, 1.165) is 18.4 Å². The summed E-state index contributed by atoms with van der Waals surface area (Å²) >= 11 is 0. The van der Waals surface area contributed by atoms with Crippen molar-refractivity contribution in [1.82, 2.24) is 5.32 Å². The third kappa shape index (κ3) is 2.98. The lowest BCUT2D eigenvalue weighted by atomic mass is 9.81. The van der Waals surface area contributed by atoms with Gasteiger partial charge >= 0.3 is 0 Å². The maximum absolute atomic E-state index is 5.84. The third-order valence-electron chi connectivity index (χ3n) is 4.31. The van der Waals surface area contributed by atoms with E-state index in [0.29, 0.717) is 12.1 Å². The molecule has 2 aliphatic carbocycles. The molecule has 2 fully saturated rings. The first-order valence-electron chi connectivity index (χ1n) is 7.13. The Morgan fingerprint density at radius 2 is 1.75 bits per heavy atom. The van der Waals surface area contributed by atoms with Crippen molar-refractivity contribution in [2.45, 2.75) is 64.0 Å². The van der Waals surface area contributed by atoms with E-state index in [1.165, 1.54) is 44.9 Å². The van der Waals surface area contributed by atoms with E-state index < -0.39 is 0 Å². The van der Waals surface area contributed by atoms with Gasteiger partial charge in [-0.1, -0.05) is 26.2 Å². The second-order valence-electron chi connectivity index (χ2n) is 5.52. The van der Waals surface area contributed by atoms with Gasteiger partial charge in [0, 0.05) is 13.2 Å². The summed E-state index contributed by atoms with van der Waals surface area (Å²) in [6.07, 6.45) is 10.3. The van der Waals surface area contributed by atoms with E-state index in [1.54, 1.807) is 0 Å². The fourth-order valence-electron chi connectivity index (χ4n) is 3.34. The first kappa shape index (κ1) is 12.4. The predicted octanol–water partition coefficient (Wildman–Crippen LogP) is 2.97. The number of ether oxygens (including phenoxy) is 1. The molecule has 2 atom stereocenters. The second-order valence-corrected chi connectivity index (χ2v) is 5.52.